The largest absolute Gasteiger partial charge is 0.452 e. The highest BCUT2D eigenvalue weighted by atomic mass is 32.2. The molecule has 1 aliphatic rings. The van der Waals surface area contributed by atoms with Crippen LogP contribution in [0.3, 0.4) is 0 Å². The fourth-order valence-corrected chi connectivity index (χ4v) is 4.10. The van der Waals surface area contributed by atoms with Crippen molar-refractivity contribution in [3.63, 3.8) is 0 Å². The van der Waals surface area contributed by atoms with E-state index in [2.05, 4.69) is 5.32 Å². The molecule has 30 heavy (non-hydrogen) atoms. The van der Waals surface area contributed by atoms with Crippen molar-refractivity contribution in [2.24, 2.45) is 0 Å². The second kappa shape index (κ2) is 9.85. The highest BCUT2D eigenvalue weighted by molar-refractivity contribution is 7.89. The number of hydrogen-bond donors (Lipinski definition) is 2. The standard InChI is InChI=1S/C18H26N4O7S/c1-12(18(24)20-13-6-4-5-7-13)29-17(23)11-19-30(27,28)14-8-9-15(21(2)3)16(10-14)22(25)26/h8-10,12-13,19H,4-7,11H2,1-3H3,(H,20,24). The van der Waals surface area contributed by atoms with E-state index in [-0.39, 0.29) is 22.3 Å². The lowest BCUT2D eigenvalue weighted by molar-refractivity contribution is -0.384. The van der Waals surface area contributed by atoms with Crippen molar-refractivity contribution >= 4 is 33.3 Å². The van der Waals surface area contributed by atoms with Crippen molar-refractivity contribution in [1.29, 1.82) is 0 Å². The van der Waals surface area contributed by atoms with Gasteiger partial charge in [-0.15, -0.1) is 0 Å². The number of nitrogens with one attached hydrogen (secondary N) is 2. The molecular formula is C18H26N4O7S. The fourth-order valence-electron chi connectivity index (χ4n) is 3.11. The molecule has 11 nitrogen and oxygen atoms in total. The van der Waals surface area contributed by atoms with Crippen LogP contribution in [0.5, 0.6) is 0 Å². The third-order valence-electron chi connectivity index (χ3n) is 4.72. The van der Waals surface area contributed by atoms with E-state index in [4.69, 9.17) is 4.74 Å². The van der Waals surface area contributed by atoms with Crippen LogP contribution in [0.1, 0.15) is 32.6 Å². The van der Waals surface area contributed by atoms with E-state index in [0.29, 0.717) is 0 Å². The minimum atomic E-state index is -4.20. The predicted octanol–water partition coefficient (Wildman–Crippen LogP) is 0.930. The van der Waals surface area contributed by atoms with Crippen LogP contribution in [0.25, 0.3) is 0 Å². The molecule has 0 radical (unpaired) electrons. The van der Waals surface area contributed by atoms with Gasteiger partial charge in [0.05, 0.1) is 9.82 Å². The normalized spacial score (nSPS) is 15.4. The molecule has 2 N–H and O–H groups in total. The Kier molecular flexibility index (Phi) is 7.73. The molecule has 1 atom stereocenters. The van der Waals surface area contributed by atoms with E-state index in [1.54, 1.807) is 14.1 Å². The molecule has 1 unspecified atom stereocenters. The number of nitro groups is 1. The predicted molar refractivity (Wildman–Crippen MR) is 109 cm³/mol. The molecule has 0 saturated heterocycles. The zero-order valence-corrected chi connectivity index (χ0v) is 17.9. The lowest BCUT2D eigenvalue weighted by Gasteiger charge is -2.17. The topological polar surface area (TPSA) is 148 Å². The van der Waals surface area contributed by atoms with E-state index in [9.17, 15) is 28.1 Å². The minimum absolute atomic E-state index is 0.0677. The number of carbonyl (C=O) groups excluding carboxylic acids is 2. The molecule has 0 aliphatic heterocycles. The number of nitrogens with zero attached hydrogens (tertiary/aromatic N) is 2. The fraction of sp³-hybridized carbons (Fsp3) is 0.556. The number of nitro benzene ring substituents is 1. The molecule has 1 amide bonds. The van der Waals surface area contributed by atoms with Crippen molar-refractivity contribution in [1.82, 2.24) is 10.0 Å². The Morgan fingerprint density at radius 2 is 1.93 bits per heavy atom. The first kappa shape index (κ1) is 23.5. The summed E-state index contributed by atoms with van der Waals surface area (Å²) in [5, 5.41) is 14.0. The van der Waals surface area contributed by atoms with E-state index in [0.717, 1.165) is 31.7 Å². The second-order valence-corrected chi connectivity index (χ2v) is 9.02. The molecule has 0 heterocycles. The summed E-state index contributed by atoms with van der Waals surface area (Å²) in [6, 6.07) is 3.49. The van der Waals surface area contributed by atoms with Gasteiger partial charge in [-0.3, -0.25) is 19.7 Å². The van der Waals surface area contributed by atoms with Gasteiger partial charge in [-0.05, 0) is 31.9 Å². The minimum Gasteiger partial charge on any atom is -0.452 e. The maximum Gasteiger partial charge on any atom is 0.321 e. The highest BCUT2D eigenvalue weighted by Gasteiger charge is 2.25. The van der Waals surface area contributed by atoms with Crippen LogP contribution < -0.4 is 14.9 Å². The molecular weight excluding hydrogens is 416 g/mol. The maximum absolute atomic E-state index is 12.4. The lowest BCUT2D eigenvalue weighted by atomic mass is 10.2. The van der Waals surface area contributed by atoms with Crippen LogP contribution in [0.15, 0.2) is 23.1 Å². The molecule has 0 spiro atoms. The average Bonchev–Trinajstić information content (AvgIpc) is 3.18. The second-order valence-electron chi connectivity index (χ2n) is 7.25. The number of hydrogen-bond acceptors (Lipinski definition) is 8. The highest BCUT2D eigenvalue weighted by Crippen LogP contribution is 2.29. The number of rotatable bonds is 9. The van der Waals surface area contributed by atoms with Crippen LogP contribution in [0, 0.1) is 10.1 Å². The quantitative estimate of drug-likeness (QED) is 0.326. The van der Waals surface area contributed by atoms with Crippen LogP contribution in [-0.4, -0.2) is 58.0 Å². The van der Waals surface area contributed by atoms with Crippen LogP contribution in [0.2, 0.25) is 0 Å². The van der Waals surface area contributed by atoms with Crippen molar-refractivity contribution in [2.75, 3.05) is 25.5 Å². The van der Waals surface area contributed by atoms with Gasteiger partial charge in [0.15, 0.2) is 6.10 Å². The Balaban J connectivity index is 1.96. The number of amides is 1. The van der Waals surface area contributed by atoms with Gasteiger partial charge in [0.1, 0.15) is 12.2 Å². The van der Waals surface area contributed by atoms with Gasteiger partial charge in [0.2, 0.25) is 10.0 Å². The zero-order chi connectivity index (χ0) is 22.5. The first-order valence-electron chi connectivity index (χ1n) is 9.46. The van der Waals surface area contributed by atoms with Gasteiger partial charge in [0, 0.05) is 26.2 Å². The Morgan fingerprint density at radius 1 is 1.30 bits per heavy atom. The molecule has 2 rings (SSSR count). The van der Waals surface area contributed by atoms with Gasteiger partial charge in [-0.2, -0.15) is 4.72 Å². The van der Waals surface area contributed by atoms with Crippen molar-refractivity contribution in [3.05, 3.63) is 28.3 Å². The Morgan fingerprint density at radius 3 is 2.50 bits per heavy atom. The van der Waals surface area contributed by atoms with Gasteiger partial charge in [-0.1, -0.05) is 12.8 Å². The van der Waals surface area contributed by atoms with Crippen LogP contribution in [0.4, 0.5) is 11.4 Å². The number of benzene rings is 1. The summed E-state index contributed by atoms with van der Waals surface area (Å²) < 4.78 is 31.8. The maximum atomic E-state index is 12.4. The van der Waals surface area contributed by atoms with E-state index >= 15 is 0 Å². The molecule has 1 aromatic carbocycles. The molecule has 1 fully saturated rings. The summed E-state index contributed by atoms with van der Waals surface area (Å²) in [7, 11) is -1.02. The SMILES string of the molecule is CC(OC(=O)CNS(=O)(=O)c1ccc(N(C)C)c([N+](=O)[O-])c1)C(=O)NC1CCCC1. The number of carbonyl (C=O) groups is 2. The third kappa shape index (κ3) is 6.13. The van der Waals surface area contributed by atoms with E-state index in [1.165, 1.54) is 24.0 Å². The third-order valence-corrected chi connectivity index (χ3v) is 6.12. The summed E-state index contributed by atoms with van der Waals surface area (Å²) in [4.78, 5) is 35.7. The molecule has 0 bridgehead atoms. The van der Waals surface area contributed by atoms with E-state index in [1.807, 2.05) is 4.72 Å². The summed E-state index contributed by atoms with van der Waals surface area (Å²) in [5.74, 6) is -1.37. The Labute approximate surface area is 175 Å². The molecule has 1 saturated carbocycles. The molecule has 166 valence electrons. The zero-order valence-electron chi connectivity index (χ0n) is 17.1. The van der Waals surface area contributed by atoms with Gasteiger partial charge < -0.3 is 15.0 Å². The Hall–Kier alpha value is -2.73. The molecule has 12 heteroatoms. The van der Waals surface area contributed by atoms with Crippen LogP contribution in [-0.2, 0) is 24.3 Å². The van der Waals surface area contributed by atoms with Gasteiger partial charge in [0.25, 0.3) is 11.6 Å². The monoisotopic (exact) mass is 442 g/mol. The summed E-state index contributed by atoms with van der Waals surface area (Å²) >= 11 is 0. The molecule has 1 aromatic rings. The molecule has 1 aliphatic carbocycles. The number of ether oxygens (including phenoxy) is 1. The van der Waals surface area contributed by atoms with Gasteiger partial charge >= 0.3 is 5.97 Å². The Bertz CT molecular complexity index is 911. The van der Waals surface area contributed by atoms with Crippen molar-refractivity contribution in [3.8, 4) is 0 Å². The molecule has 0 aromatic heterocycles. The van der Waals surface area contributed by atoms with E-state index < -0.39 is 39.5 Å². The number of esters is 1. The van der Waals surface area contributed by atoms with Crippen molar-refractivity contribution in [2.45, 2.75) is 49.6 Å². The smallest absolute Gasteiger partial charge is 0.321 e. The number of sulfonamides is 1. The summed E-state index contributed by atoms with van der Waals surface area (Å²) in [6.45, 7) is 0.687. The summed E-state index contributed by atoms with van der Waals surface area (Å²) in [6.07, 6.45) is 2.77. The average molecular weight is 442 g/mol. The first-order chi connectivity index (χ1) is 14.0. The number of anilines is 1. The lowest BCUT2D eigenvalue weighted by Crippen LogP contribution is -2.42. The van der Waals surface area contributed by atoms with Crippen LogP contribution >= 0.6 is 0 Å². The first-order valence-corrected chi connectivity index (χ1v) is 10.9. The van der Waals surface area contributed by atoms with Gasteiger partial charge in [-0.25, -0.2) is 8.42 Å². The van der Waals surface area contributed by atoms with Crippen molar-refractivity contribution < 1.29 is 27.7 Å². The summed E-state index contributed by atoms with van der Waals surface area (Å²) in [5.41, 5.74) is -0.150.